The summed E-state index contributed by atoms with van der Waals surface area (Å²) >= 11 is 12.0. The van der Waals surface area contributed by atoms with Crippen molar-refractivity contribution < 1.29 is 9.18 Å². The summed E-state index contributed by atoms with van der Waals surface area (Å²) < 4.78 is 13.4. The van der Waals surface area contributed by atoms with Crippen molar-refractivity contribution >= 4 is 34.8 Å². The van der Waals surface area contributed by atoms with Crippen LogP contribution in [0, 0.1) is 5.82 Å². The van der Waals surface area contributed by atoms with Crippen molar-refractivity contribution in [2.45, 2.75) is 12.8 Å². The van der Waals surface area contributed by atoms with Gasteiger partial charge in [0.25, 0.3) is 0 Å². The van der Waals surface area contributed by atoms with Crippen molar-refractivity contribution in [2.75, 3.05) is 18.4 Å². The number of carbonyl (C=O) groups is 1. The van der Waals surface area contributed by atoms with Crippen LogP contribution in [-0.2, 0) is 11.2 Å². The summed E-state index contributed by atoms with van der Waals surface area (Å²) in [5.74, 6) is -0.390. The molecule has 0 atom stereocenters. The Labute approximate surface area is 144 Å². The highest BCUT2D eigenvalue weighted by Gasteiger charge is 2.09. The van der Waals surface area contributed by atoms with Gasteiger partial charge in [-0.15, -0.1) is 0 Å². The molecule has 0 aliphatic heterocycles. The Kier molecular flexibility index (Phi) is 6.84. The molecule has 0 saturated heterocycles. The smallest absolute Gasteiger partial charge is 0.225 e. The van der Waals surface area contributed by atoms with E-state index in [2.05, 4.69) is 10.6 Å². The van der Waals surface area contributed by atoms with Gasteiger partial charge in [0.1, 0.15) is 5.82 Å². The van der Waals surface area contributed by atoms with Gasteiger partial charge in [0.05, 0.1) is 15.7 Å². The summed E-state index contributed by atoms with van der Waals surface area (Å²) in [6.45, 7) is 1.09. The largest absolute Gasteiger partial charge is 0.324 e. The normalized spacial score (nSPS) is 10.6. The molecule has 0 radical (unpaired) electrons. The molecule has 2 aromatic carbocycles. The van der Waals surface area contributed by atoms with Gasteiger partial charge in [-0.2, -0.15) is 0 Å². The molecule has 2 N–H and O–H groups in total. The summed E-state index contributed by atoms with van der Waals surface area (Å²) in [7, 11) is 0. The molecule has 0 spiro atoms. The zero-order valence-corrected chi connectivity index (χ0v) is 13.9. The predicted octanol–water partition coefficient (Wildman–Crippen LogP) is 4.29. The molecule has 0 unspecified atom stereocenters. The minimum atomic E-state index is -0.208. The van der Waals surface area contributed by atoms with Crippen LogP contribution in [0.15, 0.2) is 42.5 Å². The SMILES string of the molecule is O=C(CCNCCc1ccccc1F)Nc1c(Cl)cccc1Cl. The molecule has 23 heavy (non-hydrogen) atoms. The quantitative estimate of drug-likeness (QED) is 0.728. The first-order valence-corrected chi connectivity index (χ1v) is 8.01. The fraction of sp³-hybridized carbons (Fsp3) is 0.235. The lowest BCUT2D eigenvalue weighted by Crippen LogP contribution is -2.24. The average molecular weight is 355 g/mol. The van der Waals surface area contributed by atoms with Gasteiger partial charge in [-0.1, -0.05) is 47.5 Å². The maximum atomic E-state index is 13.4. The molecule has 2 aromatic rings. The van der Waals surface area contributed by atoms with E-state index in [4.69, 9.17) is 23.2 Å². The Hall–Kier alpha value is -1.62. The van der Waals surface area contributed by atoms with Gasteiger partial charge in [-0.3, -0.25) is 4.79 Å². The second-order valence-electron chi connectivity index (χ2n) is 4.99. The topological polar surface area (TPSA) is 41.1 Å². The molecule has 0 aliphatic rings. The first-order valence-electron chi connectivity index (χ1n) is 7.26. The van der Waals surface area contributed by atoms with Gasteiger partial charge < -0.3 is 10.6 Å². The number of hydrogen-bond donors (Lipinski definition) is 2. The second kappa shape index (κ2) is 8.87. The molecular weight excluding hydrogens is 338 g/mol. The lowest BCUT2D eigenvalue weighted by atomic mass is 10.1. The van der Waals surface area contributed by atoms with E-state index in [0.29, 0.717) is 40.8 Å². The molecule has 2 rings (SSSR count). The Bertz CT molecular complexity index is 659. The highest BCUT2D eigenvalue weighted by Crippen LogP contribution is 2.29. The number of benzene rings is 2. The van der Waals surface area contributed by atoms with E-state index >= 15 is 0 Å². The second-order valence-corrected chi connectivity index (χ2v) is 5.80. The molecule has 0 bridgehead atoms. The molecule has 0 aliphatic carbocycles. The van der Waals surface area contributed by atoms with Gasteiger partial charge in [0, 0.05) is 13.0 Å². The molecule has 0 fully saturated rings. The minimum Gasteiger partial charge on any atom is -0.324 e. The van der Waals surface area contributed by atoms with E-state index in [1.165, 1.54) is 6.07 Å². The summed E-state index contributed by atoms with van der Waals surface area (Å²) in [5.41, 5.74) is 1.08. The van der Waals surface area contributed by atoms with Crippen LogP contribution in [0.25, 0.3) is 0 Å². The van der Waals surface area contributed by atoms with E-state index < -0.39 is 0 Å². The van der Waals surface area contributed by atoms with Crippen molar-refractivity contribution in [1.29, 1.82) is 0 Å². The zero-order valence-electron chi connectivity index (χ0n) is 12.4. The van der Waals surface area contributed by atoms with Crippen LogP contribution in [-0.4, -0.2) is 19.0 Å². The first-order chi connectivity index (χ1) is 11.1. The number of rotatable bonds is 7. The van der Waals surface area contributed by atoms with Gasteiger partial charge in [-0.05, 0) is 36.7 Å². The number of halogens is 3. The summed E-state index contributed by atoms with van der Waals surface area (Å²) in [5, 5.41) is 6.61. The summed E-state index contributed by atoms with van der Waals surface area (Å²) in [6, 6.07) is 11.7. The van der Waals surface area contributed by atoms with Gasteiger partial charge >= 0.3 is 0 Å². The third-order valence-electron chi connectivity index (χ3n) is 3.28. The molecule has 0 heterocycles. The molecule has 3 nitrogen and oxygen atoms in total. The lowest BCUT2D eigenvalue weighted by molar-refractivity contribution is -0.116. The number of anilines is 1. The highest BCUT2D eigenvalue weighted by molar-refractivity contribution is 6.39. The number of para-hydroxylation sites is 1. The number of amides is 1. The molecular formula is C17H17Cl2FN2O. The average Bonchev–Trinajstić information content (AvgIpc) is 2.52. The van der Waals surface area contributed by atoms with Crippen molar-refractivity contribution in [2.24, 2.45) is 0 Å². The fourth-order valence-electron chi connectivity index (χ4n) is 2.07. The van der Waals surface area contributed by atoms with Gasteiger partial charge in [0.15, 0.2) is 0 Å². The molecule has 122 valence electrons. The number of nitrogens with one attached hydrogen (secondary N) is 2. The van der Waals surface area contributed by atoms with Gasteiger partial charge in [0.2, 0.25) is 5.91 Å². The molecule has 6 heteroatoms. The van der Waals surface area contributed by atoms with Crippen molar-refractivity contribution in [1.82, 2.24) is 5.32 Å². The summed E-state index contributed by atoms with van der Waals surface area (Å²) in [4.78, 5) is 11.9. The van der Waals surface area contributed by atoms with Gasteiger partial charge in [-0.25, -0.2) is 4.39 Å². The molecule has 0 aromatic heterocycles. The van der Waals surface area contributed by atoms with Crippen molar-refractivity contribution in [3.63, 3.8) is 0 Å². The zero-order chi connectivity index (χ0) is 16.7. The summed E-state index contributed by atoms with van der Waals surface area (Å²) in [6.07, 6.45) is 0.851. The Morgan fingerprint density at radius 3 is 2.39 bits per heavy atom. The maximum absolute atomic E-state index is 13.4. The van der Waals surface area contributed by atoms with E-state index in [1.54, 1.807) is 36.4 Å². The standard InChI is InChI=1S/C17H17Cl2FN2O/c18-13-5-3-6-14(19)17(13)22-16(23)9-11-21-10-8-12-4-1-2-7-15(12)20/h1-7,21H,8-11H2,(H,22,23). The van der Waals surface area contributed by atoms with Crippen LogP contribution < -0.4 is 10.6 Å². The monoisotopic (exact) mass is 354 g/mol. The number of carbonyl (C=O) groups excluding carboxylic acids is 1. The predicted molar refractivity (Wildman–Crippen MR) is 92.7 cm³/mol. The van der Waals surface area contributed by atoms with E-state index in [1.807, 2.05) is 0 Å². The molecule has 1 amide bonds. The highest BCUT2D eigenvalue weighted by atomic mass is 35.5. The van der Waals surface area contributed by atoms with Crippen LogP contribution in [0.4, 0.5) is 10.1 Å². The number of hydrogen-bond acceptors (Lipinski definition) is 2. The van der Waals surface area contributed by atoms with Crippen LogP contribution in [0.1, 0.15) is 12.0 Å². The van der Waals surface area contributed by atoms with Crippen LogP contribution in [0.3, 0.4) is 0 Å². The Morgan fingerprint density at radius 2 is 1.70 bits per heavy atom. The van der Waals surface area contributed by atoms with E-state index in [0.717, 1.165) is 0 Å². The van der Waals surface area contributed by atoms with E-state index in [-0.39, 0.29) is 18.1 Å². The van der Waals surface area contributed by atoms with E-state index in [9.17, 15) is 9.18 Å². The maximum Gasteiger partial charge on any atom is 0.225 e. The van der Waals surface area contributed by atoms with Crippen LogP contribution in [0.5, 0.6) is 0 Å². The lowest BCUT2D eigenvalue weighted by Gasteiger charge is -2.09. The minimum absolute atomic E-state index is 0.182. The fourth-order valence-corrected chi connectivity index (χ4v) is 2.56. The first kappa shape index (κ1) is 17.7. The van der Waals surface area contributed by atoms with Crippen LogP contribution >= 0.6 is 23.2 Å². The molecule has 0 saturated carbocycles. The van der Waals surface area contributed by atoms with Crippen LogP contribution in [0.2, 0.25) is 10.0 Å². The third kappa shape index (κ3) is 5.50. The van der Waals surface area contributed by atoms with Crippen molar-refractivity contribution in [3.8, 4) is 0 Å². The Morgan fingerprint density at radius 1 is 1.00 bits per heavy atom. The Balaban J connectivity index is 1.70. The third-order valence-corrected chi connectivity index (χ3v) is 3.91. The van der Waals surface area contributed by atoms with Crippen molar-refractivity contribution in [3.05, 3.63) is 63.9 Å².